The monoisotopic (exact) mass is 522 g/mol. The van der Waals surface area contributed by atoms with E-state index in [1.165, 1.54) is 0 Å². The van der Waals surface area contributed by atoms with Gasteiger partial charge in [-0.25, -0.2) is 4.68 Å². The van der Waals surface area contributed by atoms with Gasteiger partial charge in [0.25, 0.3) is 5.56 Å². The van der Waals surface area contributed by atoms with E-state index in [1.54, 1.807) is 22.3 Å². The van der Waals surface area contributed by atoms with Crippen molar-refractivity contribution in [2.24, 2.45) is 0 Å². The van der Waals surface area contributed by atoms with Crippen molar-refractivity contribution < 1.29 is 4.42 Å². The summed E-state index contributed by atoms with van der Waals surface area (Å²) >= 11 is 1.67. The summed E-state index contributed by atoms with van der Waals surface area (Å²) in [7, 11) is 0. The van der Waals surface area contributed by atoms with Crippen LogP contribution < -0.4 is 5.56 Å². The highest BCUT2D eigenvalue weighted by Crippen LogP contribution is 2.31. The average Bonchev–Trinajstić information content (AvgIpc) is 3.70. The Morgan fingerprint density at radius 3 is 2.71 bits per heavy atom. The van der Waals surface area contributed by atoms with Crippen molar-refractivity contribution in [3.05, 3.63) is 134 Å². The van der Waals surface area contributed by atoms with Crippen molar-refractivity contribution in [1.82, 2.24) is 30.1 Å². The number of nitrogens with zero attached hydrogens (tertiary/aromatic N) is 5. The van der Waals surface area contributed by atoms with Gasteiger partial charge in [0.2, 0.25) is 0 Å². The molecule has 4 heterocycles. The van der Waals surface area contributed by atoms with E-state index in [4.69, 9.17) is 4.42 Å². The van der Waals surface area contributed by atoms with Crippen molar-refractivity contribution in [3.8, 4) is 0 Å². The van der Waals surface area contributed by atoms with Crippen LogP contribution in [0.3, 0.4) is 0 Å². The first kappa shape index (κ1) is 24.0. The second-order valence-corrected chi connectivity index (χ2v) is 10.3. The van der Waals surface area contributed by atoms with Crippen LogP contribution in [-0.2, 0) is 19.6 Å². The first-order chi connectivity index (χ1) is 18.6. The molecular weight excluding hydrogens is 496 g/mol. The van der Waals surface area contributed by atoms with Gasteiger partial charge in [0.15, 0.2) is 5.82 Å². The summed E-state index contributed by atoms with van der Waals surface area (Å²) < 4.78 is 7.52. The van der Waals surface area contributed by atoms with E-state index in [-0.39, 0.29) is 5.56 Å². The minimum absolute atomic E-state index is 0.169. The van der Waals surface area contributed by atoms with Gasteiger partial charge in [0, 0.05) is 22.5 Å². The molecule has 9 heteroatoms. The molecule has 6 aromatic rings. The van der Waals surface area contributed by atoms with Crippen LogP contribution in [-0.4, -0.2) is 30.1 Å². The van der Waals surface area contributed by atoms with Gasteiger partial charge in [0.05, 0.1) is 19.4 Å². The summed E-state index contributed by atoms with van der Waals surface area (Å²) in [4.78, 5) is 20.1. The normalized spacial score (nSPS) is 12.4. The fraction of sp³-hybridized carbons (Fsp3) is 0.172. The van der Waals surface area contributed by atoms with Crippen molar-refractivity contribution >= 4 is 22.2 Å². The van der Waals surface area contributed by atoms with Gasteiger partial charge in [0.1, 0.15) is 11.8 Å². The number of H-pyrrole nitrogens is 1. The summed E-state index contributed by atoms with van der Waals surface area (Å²) in [5.41, 5.74) is 3.36. The smallest absolute Gasteiger partial charge is 0.253 e. The molecule has 0 unspecified atom stereocenters. The number of benzene rings is 2. The van der Waals surface area contributed by atoms with Crippen LogP contribution in [0.1, 0.15) is 39.2 Å². The fourth-order valence-corrected chi connectivity index (χ4v) is 5.48. The van der Waals surface area contributed by atoms with E-state index in [9.17, 15) is 4.79 Å². The van der Waals surface area contributed by atoms with Crippen LogP contribution in [0, 0.1) is 6.92 Å². The lowest BCUT2D eigenvalue weighted by atomic mass is 10.0. The minimum atomic E-state index is -0.532. The number of aromatic amines is 1. The molecule has 0 radical (unpaired) electrons. The van der Waals surface area contributed by atoms with Crippen molar-refractivity contribution in [2.75, 3.05) is 0 Å². The van der Waals surface area contributed by atoms with Gasteiger partial charge < -0.3 is 9.40 Å². The van der Waals surface area contributed by atoms with E-state index in [0.717, 1.165) is 32.7 Å². The SMILES string of the molecule is Cc1ccc2cc([C@H](c3nnnn3Cc3ccccc3)N(Cc3ccco3)Cc3cccs3)c(=O)[nH]c2c1. The number of aromatic nitrogens is 5. The molecule has 38 heavy (non-hydrogen) atoms. The Bertz CT molecular complexity index is 1650. The van der Waals surface area contributed by atoms with Gasteiger partial charge >= 0.3 is 0 Å². The number of furan rings is 1. The first-order valence-electron chi connectivity index (χ1n) is 12.4. The number of rotatable bonds is 9. The van der Waals surface area contributed by atoms with E-state index in [1.807, 2.05) is 79.7 Å². The number of fused-ring (bicyclic) bond motifs is 1. The molecular formula is C29H26N6O2S. The lowest BCUT2D eigenvalue weighted by Crippen LogP contribution is -2.34. The third kappa shape index (κ3) is 5.06. The standard InChI is InChI=1S/C29H26N6O2S/c1-20-11-12-22-16-25(29(36)30-26(22)15-20)27(28-31-32-33-35(28)17-21-7-3-2-4-8-21)34(18-23-9-5-13-37-23)19-24-10-6-14-38-24/h2-16,27H,17-19H2,1H3,(H,30,36)/t27-/m1/s1. The largest absolute Gasteiger partial charge is 0.468 e. The Balaban J connectivity index is 1.51. The molecule has 1 N–H and O–H groups in total. The fourth-order valence-electron chi connectivity index (χ4n) is 4.75. The highest BCUT2D eigenvalue weighted by Gasteiger charge is 2.31. The zero-order chi connectivity index (χ0) is 25.9. The molecule has 6 rings (SSSR count). The summed E-state index contributed by atoms with van der Waals surface area (Å²) in [6.07, 6.45) is 1.66. The highest BCUT2D eigenvalue weighted by atomic mass is 32.1. The van der Waals surface area contributed by atoms with Crippen molar-refractivity contribution in [1.29, 1.82) is 0 Å². The molecule has 0 aliphatic carbocycles. The number of aryl methyl sites for hydroxylation is 1. The molecule has 0 bridgehead atoms. The zero-order valence-electron chi connectivity index (χ0n) is 20.8. The van der Waals surface area contributed by atoms with E-state index in [2.05, 4.69) is 36.9 Å². The molecule has 0 saturated heterocycles. The number of nitrogens with one attached hydrogen (secondary N) is 1. The number of thiophene rings is 1. The molecule has 0 aliphatic rings. The highest BCUT2D eigenvalue weighted by molar-refractivity contribution is 7.09. The number of tetrazole rings is 1. The first-order valence-corrected chi connectivity index (χ1v) is 13.2. The maximum absolute atomic E-state index is 13.7. The van der Waals surface area contributed by atoms with Crippen LogP contribution in [0.15, 0.2) is 99.7 Å². The minimum Gasteiger partial charge on any atom is -0.468 e. The van der Waals surface area contributed by atoms with E-state index >= 15 is 0 Å². The number of hydrogen-bond donors (Lipinski definition) is 1. The molecule has 8 nitrogen and oxygen atoms in total. The molecule has 4 aromatic heterocycles. The molecule has 2 aromatic carbocycles. The summed E-state index contributed by atoms with van der Waals surface area (Å²) in [6.45, 7) is 3.56. The maximum atomic E-state index is 13.7. The van der Waals surface area contributed by atoms with Crippen molar-refractivity contribution in [3.63, 3.8) is 0 Å². The quantitative estimate of drug-likeness (QED) is 0.276. The third-order valence-electron chi connectivity index (χ3n) is 6.55. The lowest BCUT2D eigenvalue weighted by Gasteiger charge is -2.30. The average molecular weight is 523 g/mol. The second-order valence-electron chi connectivity index (χ2n) is 9.29. The van der Waals surface area contributed by atoms with Crippen LogP contribution in [0.2, 0.25) is 0 Å². The lowest BCUT2D eigenvalue weighted by molar-refractivity contribution is 0.181. The molecule has 0 fully saturated rings. The molecule has 0 spiro atoms. The van der Waals surface area contributed by atoms with Gasteiger partial charge in [-0.2, -0.15) is 0 Å². The predicted molar refractivity (Wildman–Crippen MR) is 147 cm³/mol. The van der Waals surface area contributed by atoms with Crippen molar-refractivity contribution in [2.45, 2.75) is 32.6 Å². The predicted octanol–water partition coefficient (Wildman–Crippen LogP) is 5.32. The van der Waals surface area contributed by atoms with Crippen LogP contribution >= 0.6 is 11.3 Å². The number of pyridine rings is 1. The second kappa shape index (κ2) is 10.6. The zero-order valence-corrected chi connectivity index (χ0v) is 21.6. The topological polar surface area (TPSA) is 92.8 Å². The maximum Gasteiger partial charge on any atom is 0.253 e. The Kier molecular flexibility index (Phi) is 6.68. The summed E-state index contributed by atoms with van der Waals surface area (Å²) in [5.74, 6) is 1.38. The van der Waals surface area contributed by atoms with E-state index in [0.29, 0.717) is 31.0 Å². The van der Waals surface area contributed by atoms with Crippen LogP contribution in [0.25, 0.3) is 10.9 Å². The number of hydrogen-bond acceptors (Lipinski definition) is 7. The molecule has 0 amide bonds. The molecule has 1 atom stereocenters. The molecule has 0 saturated carbocycles. The molecule has 190 valence electrons. The Morgan fingerprint density at radius 1 is 1.03 bits per heavy atom. The summed E-state index contributed by atoms with van der Waals surface area (Å²) in [5, 5.41) is 15.9. The third-order valence-corrected chi connectivity index (χ3v) is 7.41. The van der Waals surface area contributed by atoms with Gasteiger partial charge in [-0.05, 0) is 69.6 Å². The van der Waals surface area contributed by atoms with Gasteiger partial charge in [-0.1, -0.05) is 48.5 Å². The van der Waals surface area contributed by atoms with Crippen LogP contribution in [0.4, 0.5) is 0 Å². The Morgan fingerprint density at radius 2 is 1.92 bits per heavy atom. The van der Waals surface area contributed by atoms with Crippen LogP contribution in [0.5, 0.6) is 0 Å². The van der Waals surface area contributed by atoms with Gasteiger partial charge in [-0.3, -0.25) is 9.69 Å². The van der Waals surface area contributed by atoms with E-state index < -0.39 is 6.04 Å². The Labute approximate surface area is 223 Å². The molecule has 0 aliphatic heterocycles. The summed E-state index contributed by atoms with van der Waals surface area (Å²) in [6, 6.07) is 25.5. The Hall–Kier alpha value is -4.34. The van der Waals surface area contributed by atoms with Gasteiger partial charge in [-0.15, -0.1) is 16.4 Å².